The summed E-state index contributed by atoms with van der Waals surface area (Å²) in [6, 6.07) is 8.34. The van der Waals surface area contributed by atoms with Crippen molar-refractivity contribution in [1.82, 2.24) is 15.5 Å². The zero-order valence-electron chi connectivity index (χ0n) is 14.1. The highest BCUT2D eigenvalue weighted by atomic mass is 127. The number of nitrogens with zero attached hydrogens (tertiary/aromatic N) is 2. The van der Waals surface area contributed by atoms with Gasteiger partial charge in [-0.1, -0.05) is 29.7 Å². The lowest BCUT2D eigenvalue weighted by Gasteiger charge is -2.27. The van der Waals surface area contributed by atoms with Crippen molar-refractivity contribution < 1.29 is 0 Å². The number of rotatable bonds is 6. The molecule has 24 heavy (non-hydrogen) atoms. The molecule has 6 heteroatoms. The van der Waals surface area contributed by atoms with Crippen molar-refractivity contribution in [3.05, 3.63) is 34.9 Å². The van der Waals surface area contributed by atoms with E-state index in [1.807, 2.05) is 25.1 Å². The Balaban J connectivity index is 0.00000288. The third kappa shape index (κ3) is 6.50. The van der Waals surface area contributed by atoms with Crippen molar-refractivity contribution in [2.75, 3.05) is 32.7 Å². The van der Waals surface area contributed by atoms with Gasteiger partial charge in [-0.2, -0.15) is 0 Å². The second-order valence-corrected chi connectivity index (χ2v) is 6.03. The summed E-state index contributed by atoms with van der Waals surface area (Å²) in [5.74, 6) is 3.34. The van der Waals surface area contributed by atoms with Crippen molar-refractivity contribution in [2.45, 2.75) is 25.8 Å². The van der Waals surface area contributed by atoms with E-state index in [0.717, 1.165) is 30.6 Å². The highest BCUT2D eigenvalue weighted by Crippen LogP contribution is 2.27. The molecule has 2 rings (SSSR count). The van der Waals surface area contributed by atoms with Crippen LogP contribution in [0.3, 0.4) is 0 Å². The summed E-state index contributed by atoms with van der Waals surface area (Å²) in [5, 5.41) is 7.13. The van der Waals surface area contributed by atoms with E-state index in [-0.39, 0.29) is 30.0 Å². The van der Waals surface area contributed by atoms with E-state index in [9.17, 15) is 0 Å². The van der Waals surface area contributed by atoms with Gasteiger partial charge < -0.3 is 10.6 Å². The summed E-state index contributed by atoms with van der Waals surface area (Å²) in [6.45, 7) is 6.23. The lowest BCUT2D eigenvalue weighted by Crippen LogP contribution is -2.38. The van der Waals surface area contributed by atoms with E-state index >= 15 is 0 Å². The molecule has 0 spiro atoms. The number of aliphatic imine (C=N–C) groups is 1. The lowest BCUT2D eigenvalue weighted by molar-refractivity contribution is 0.251. The minimum Gasteiger partial charge on any atom is -0.357 e. The molecule has 1 aliphatic rings. The molecule has 0 radical (unpaired) electrons. The van der Waals surface area contributed by atoms with E-state index in [2.05, 4.69) is 27.5 Å². The van der Waals surface area contributed by atoms with Gasteiger partial charge in [0.05, 0.1) is 19.1 Å². The van der Waals surface area contributed by atoms with Gasteiger partial charge in [0.1, 0.15) is 0 Å². The van der Waals surface area contributed by atoms with Gasteiger partial charge in [0.15, 0.2) is 5.96 Å². The Morgan fingerprint density at radius 3 is 2.75 bits per heavy atom. The average Bonchev–Trinajstić information content (AvgIpc) is 3.07. The molecule has 1 saturated heterocycles. The molecule has 0 bridgehead atoms. The van der Waals surface area contributed by atoms with Gasteiger partial charge >= 0.3 is 0 Å². The molecule has 1 aliphatic heterocycles. The molecule has 1 fully saturated rings. The van der Waals surface area contributed by atoms with Gasteiger partial charge in [-0.3, -0.25) is 9.89 Å². The predicted octanol–water partition coefficient (Wildman–Crippen LogP) is 3.28. The minimum atomic E-state index is 0. The van der Waals surface area contributed by atoms with Gasteiger partial charge in [-0.15, -0.1) is 30.4 Å². The van der Waals surface area contributed by atoms with Gasteiger partial charge in [0.2, 0.25) is 0 Å². The zero-order chi connectivity index (χ0) is 16.5. The maximum atomic E-state index is 6.18. The molecular weight excluding hydrogens is 435 g/mol. The fraction of sp³-hybridized carbons (Fsp3) is 0.500. The first-order valence-corrected chi connectivity index (χ1v) is 8.57. The fourth-order valence-electron chi connectivity index (χ4n) is 2.85. The number of terminal acetylenes is 1. The normalized spacial score (nSPS) is 16.1. The monoisotopic (exact) mass is 460 g/mol. The SMILES string of the molecule is C#CCNC(=NCC(c1cccc(Cl)c1)N1CCCC1)NCC.I. The molecule has 2 N–H and O–H groups in total. The average molecular weight is 461 g/mol. The summed E-state index contributed by atoms with van der Waals surface area (Å²) in [7, 11) is 0. The van der Waals surface area contributed by atoms with Crippen molar-refractivity contribution in [3.8, 4) is 12.3 Å². The summed E-state index contributed by atoms with van der Waals surface area (Å²) >= 11 is 6.18. The van der Waals surface area contributed by atoms with Crippen LogP contribution in [-0.2, 0) is 0 Å². The number of hydrogen-bond acceptors (Lipinski definition) is 2. The van der Waals surface area contributed by atoms with Crippen LogP contribution < -0.4 is 10.6 Å². The molecule has 0 aromatic heterocycles. The summed E-state index contributed by atoms with van der Waals surface area (Å²) in [5.41, 5.74) is 1.22. The van der Waals surface area contributed by atoms with Crippen molar-refractivity contribution in [3.63, 3.8) is 0 Å². The Hall–Kier alpha value is -0.970. The molecule has 0 aliphatic carbocycles. The highest BCUT2D eigenvalue weighted by Gasteiger charge is 2.23. The summed E-state index contributed by atoms with van der Waals surface area (Å²) < 4.78 is 0. The molecule has 1 aromatic rings. The third-order valence-corrected chi connectivity index (χ3v) is 4.17. The zero-order valence-corrected chi connectivity index (χ0v) is 17.2. The first-order chi connectivity index (χ1) is 11.2. The number of likely N-dealkylation sites (tertiary alicyclic amines) is 1. The number of halogens is 2. The Morgan fingerprint density at radius 1 is 1.38 bits per heavy atom. The standard InChI is InChI=1S/C18H25ClN4.HI/c1-3-10-21-18(20-4-2)22-14-17(23-11-5-6-12-23)15-8-7-9-16(19)13-15;/h1,7-9,13,17H,4-6,10-12,14H2,2H3,(H2,20,21,22);1H. The Morgan fingerprint density at radius 2 is 2.12 bits per heavy atom. The van der Waals surface area contributed by atoms with Crippen LogP contribution in [0.15, 0.2) is 29.3 Å². The van der Waals surface area contributed by atoms with Crippen molar-refractivity contribution in [2.24, 2.45) is 4.99 Å². The third-order valence-electron chi connectivity index (χ3n) is 3.94. The van der Waals surface area contributed by atoms with Gasteiger partial charge in [-0.25, -0.2) is 0 Å². The van der Waals surface area contributed by atoms with Crippen LogP contribution >= 0.6 is 35.6 Å². The first-order valence-electron chi connectivity index (χ1n) is 8.19. The number of benzene rings is 1. The van der Waals surface area contributed by atoms with E-state index in [1.165, 1.54) is 18.4 Å². The number of guanidine groups is 1. The quantitative estimate of drug-likeness (QED) is 0.296. The fourth-order valence-corrected chi connectivity index (χ4v) is 3.05. The topological polar surface area (TPSA) is 39.7 Å². The first kappa shape index (κ1) is 21.1. The molecule has 4 nitrogen and oxygen atoms in total. The van der Waals surface area contributed by atoms with Gasteiger partial charge in [0.25, 0.3) is 0 Å². The highest BCUT2D eigenvalue weighted by molar-refractivity contribution is 14.0. The molecule has 132 valence electrons. The summed E-state index contributed by atoms with van der Waals surface area (Å²) in [4.78, 5) is 7.20. The van der Waals surface area contributed by atoms with E-state index in [4.69, 9.17) is 23.0 Å². The molecular formula is C18H26ClIN4. The Kier molecular flexibility index (Phi) is 10.2. The summed E-state index contributed by atoms with van der Waals surface area (Å²) in [6.07, 6.45) is 7.81. The van der Waals surface area contributed by atoms with Crippen molar-refractivity contribution >= 4 is 41.5 Å². The van der Waals surface area contributed by atoms with E-state index in [1.54, 1.807) is 0 Å². The van der Waals surface area contributed by atoms with E-state index < -0.39 is 0 Å². The lowest BCUT2D eigenvalue weighted by atomic mass is 10.1. The molecule has 0 saturated carbocycles. The number of nitrogens with one attached hydrogen (secondary N) is 2. The Labute approximate surface area is 167 Å². The maximum Gasteiger partial charge on any atom is 0.192 e. The molecule has 0 amide bonds. The molecule has 1 unspecified atom stereocenters. The molecule has 1 heterocycles. The van der Waals surface area contributed by atoms with Crippen LogP contribution in [0.1, 0.15) is 31.4 Å². The molecule has 1 atom stereocenters. The number of hydrogen-bond donors (Lipinski definition) is 2. The smallest absolute Gasteiger partial charge is 0.192 e. The van der Waals surface area contributed by atoms with Crippen molar-refractivity contribution in [1.29, 1.82) is 0 Å². The van der Waals surface area contributed by atoms with Gasteiger partial charge in [-0.05, 0) is 50.6 Å². The second kappa shape index (κ2) is 11.6. The largest absolute Gasteiger partial charge is 0.357 e. The second-order valence-electron chi connectivity index (χ2n) is 5.59. The van der Waals surface area contributed by atoms with Crippen LogP contribution in [-0.4, -0.2) is 43.6 Å². The van der Waals surface area contributed by atoms with Crippen LogP contribution in [0, 0.1) is 12.3 Å². The van der Waals surface area contributed by atoms with Crippen LogP contribution in [0.25, 0.3) is 0 Å². The van der Waals surface area contributed by atoms with E-state index in [0.29, 0.717) is 13.1 Å². The van der Waals surface area contributed by atoms with Gasteiger partial charge in [0, 0.05) is 11.6 Å². The minimum absolute atomic E-state index is 0. The van der Waals surface area contributed by atoms with Crippen LogP contribution in [0.5, 0.6) is 0 Å². The predicted molar refractivity (Wildman–Crippen MR) is 113 cm³/mol. The Bertz CT molecular complexity index is 564. The van der Waals surface area contributed by atoms with Crippen LogP contribution in [0.4, 0.5) is 0 Å². The maximum absolute atomic E-state index is 6.18. The molecule has 1 aromatic carbocycles. The van der Waals surface area contributed by atoms with Crippen LogP contribution in [0.2, 0.25) is 5.02 Å².